The van der Waals surface area contributed by atoms with E-state index in [1.807, 2.05) is 18.2 Å². The summed E-state index contributed by atoms with van der Waals surface area (Å²) in [7, 11) is 0. The van der Waals surface area contributed by atoms with Crippen molar-refractivity contribution in [1.29, 1.82) is 0 Å². The highest BCUT2D eigenvalue weighted by Gasteiger charge is 2.22. The van der Waals surface area contributed by atoms with Gasteiger partial charge in [0, 0.05) is 11.3 Å². The average molecular weight is 203 g/mol. The van der Waals surface area contributed by atoms with Gasteiger partial charge in [0.05, 0.1) is 18.8 Å². The number of benzene rings is 1. The summed E-state index contributed by atoms with van der Waals surface area (Å²) in [6.45, 7) is 0.448. The van der Waals surface area contributed by atoms with Gasteiger partial charge in [0.1, 0.15) is 0 Å². The number of hydrogen-bond acceptors (Lipinski definition) is 3. The standard InChI is InChI=1S/C12H13NO2/c13-11-6-2-1-5-10(11)12(14)9-4-3-7-15-8-9/h1-3,5-7,9H,4,8,13H2. The third kappa shape index (κ3) is 2.01. The molecular weight excluding hydrogens is 190 g/mol. The van der Waals surface area contributed by atoms with Crippen LogP contribution in [-0.4, -0.2) is 12.4 Å². The average Bonchev–Trinajstić information content (AvgIpc) is 2.30. The Kier molecular flexibility index (Phi) is 2.72. The van der Waals surface area contributed by atoms with E-state index in [9.17, 15) is 4.79 Å². The third-order valence-corrected chi connectivity index (χ3v) is 2.51. The number of anilines is 1. The molecule has 3 nitrogen and oxygen atoms in total. The summed E-state index contributed by atoms with van der Waals surface area (Å²) in [6, 6.07) is 7.15. The molecule has 0 spiro atoms. The van der Waals surface area contributed by atoms with Gasteiger partial charge in [0.25, 0.3) is 0 Å². The molecule has 2 N–H and O–H groups in total. The van der Waals surface area contributed by atoms with E-state index in [-0.39, 0.29) is 11.7 Å². The number of allylic oxidation sites excluding steroid dienone is 1. The summed E-state index contributed by atoms with van der Waals surface area (Å²) in [6.07, 6.45) is 4.23. The number of ketones is 1. The summed E-state index contributed by atoms with van der Waals surface area (Å²) in [5.41, 5.74) is 6.89. The minimum absolute atomic E-state index is 0.0671. The maximum atomic E-state index is 12.0. The summed E-state index contributed by atoms with van der Waals surface area (Å²) < 4.78 is 5.12. The van der Waals surface area contributed by atoms with Gasteiger partial charge in [-0.15, -0.1) is 0 Å². The molecule has 0 aromatic heterocycles. The molecule has 1 aliphatic heterocycles. The molecule has 15 heavy (non-hydrogen) atoms. The molecule has 0 bridgehead atoms. The lowest BCUT2D eigenvalue weighted by Gasteiger charge is -2.17. The summed E-state index contributed by atoms with van der Waals surface area (Å²) in [4.78, 5) is 12.0. The van der Waals surface area contributed by atoms with E-state index in [1.54, 1.807) is 18.4 Å². The van der Waals surface area contributed by atoms with E-state index in [4.69, 9.17) is 10.5 Å². The van der Waals surface area contributed by atoms with Crippen LogP contribution in [0.25, 0.3) is 0 Å². The third-order valence-electron chi connectivity index (χ3n) is 2.51. The highest BCUT2D eigenvalue weighted by molar-refractivity contribution is 6.02. The summed E-state index contributed by atoms with van der Waals surface area (Å²) in [5, 5.41) is 0. The molecule has 0 amide bonds. The molecule has 1 aromatic carbocycles. The van der Waals surface area contributed by atoms with Crippen LogP contribution in [0.1, 0.15) is 16.8 Å². The van der Waals surface area contributed by atoms with Crippen molar-refractivity contribution in [1.82, 2.24) is 0 Å². The van der Waals surface area contributed by atoms with Crippen molar-refractivity contribution in [3.8, 4) is 0 Å². The Hall–Kier alpha value is -1.77. The zero-order valence-corrected chi connectivity index (χ0v) is 8.35. The van der Waals surface area contributed by atoms with E-state index in [2.05, 4.69) is 0 Å². The lowest BCUT2D eigenvalue weighted by Crippen LogP contribution is -2.22. The smallest absolute Gasteiger partial charge is 0.171 e. The topological polar surface area (TPSA) is 52.3 Å². The molecule has 0 saturated heterocycles. The van der Waals surface area contributed by atoms with Gasteiger partial charge >= 0.3 is 0 Å². The normalized spacial score (nSPS) is 19.6. The van der Waals surface area contributed by atoms with Crippen molar-refractivity contribution in [3.05, 3.63) is 42.2 Å². The van der Waals surface area contributed by atoms with E-state index in [0.29, 0.717) is 17.9 Å². The number of ether oxygens (including phenoxy) is 1. The molecule has 0 aliphatic carbocycles. The van der Waals surface area contributed by atoms with Crippen LogP contribution in [0.15, 0.2) is 36.6 Å². The summed E-state index contributed by atoms with van der Waals surface area (Å²) in [5.74, 6) is -0.0304. The molecule has 2 rings (SSSR count). The van der Waals surface area contributed by atoms with Gasteiger partial charge < -0.3 is 10.5 Å². The SMILES string of the molecule is Nc1ccccc1C(=O)C1CC=COC1. The molecule has 0 fully saturated rings. The van der Waals surface area contributed by atoms with Crippen LogP contribution in [0.2, 0.25) is 0 Å². The van der Waals surface area contributed by atoms with Crippen molar-refractivity contribution >= 4 is 11.5 Å². The number of carbonyl (C=O) groups excluding carboxylic acids is 1. The van der Waals surface area contributed by atoms with Gasteiger partial charge in [-0.05, 0) is 24.6 Å². The van der Waals surface area contributed by atoms with E-state index >= 15 is 0 Å². The molecule has 0 saturated carbocycles. The van der Waals surface area contributed by atoms with E-state index in [1.165, 1.54) is 0 Å². The number of hydrogen-bond donors (Lipinski definition) is 1. The second-order valence-electron chi connectivity index (χ2n) is 3.59. The summed E-state index contributed by atoms with van der Waals surface area (Å²) >= 11 is 0. The predicted molar refractivity (Wildman–Crippen MR) is 58.4 cm³/mol. The Bertz CT molecular complexity index is 398. The first kappa shape index (κ1) is 9.77. The number of nitrogens with two attached hydrogens (primary N) is 1. The van der Waals surface area contributed by atoms with Crippen LogP contribution in [-0.2, 0) is 4.74 Å². The molecule has 1 atom stereocenters. The zero-order chi connectivity index (χ0) is 10.7. The van der Waals surface area contributed by atoms with Crippen LogP contribution in [0, 0.1) is 5.92 Å². The number of rotatable bonds is 2. The van der Waals surface area contributed by atoms with Gasteiger partial charge in [-0.2, -0.15) is 0 Å². The number of Topliss-reactive ketones (excluding diaryl/α,β-unsaturated/α-hetero) is 1. The van der Waals surface area contributed by atoms with Crippen LogP contribution < -0.4 is 5.73 Å². The Morgan fingerprint density at radius 3 is 2.87 bits per heavy atom. The van der Waals surface area contributed by atoms with Crippen molar-refractivity contribution in [2.45, 2.75) is 6.42 Å². The largest absolute Gasteiger partial charge is 0.501 e. The molecule has 1 aliphatic rings. The molecule has 1 heterocycles. The molecular formula is C12H13NO2. The quantitative estimate of drug-likeness (QED) is 0.590. The fourth-order valence-electron chi connectivity index (χ4n) is 1.65. The maximum absolute atomic E-state index is 12.0. The van der Waals surface area contributed by atoms with Crippen LogP contribution in [0.3, 0.4) is 0 Å². The lowest BCUT2D eigenvalue weighted by molar-refractivity contribution is 0.0827. The van der Waals surface area contributed by atoms with E-state index < -0.39 is 0 Å². The maximum Gasteiger partial charge on any atom is 0.171 e. The molecule has 3 heteroatoms. The molecule has 78 valence electrons. The lowest BCUT2D eigenvalue weighted by atomic mass is 9.93. The van der Waals surface area contributed by atoms with Gasteiger partial charge in [-0.3, -0.25) is 4.79 Å². The Morgan fingerprint density at radius 1 is 1.40 bits per heavy atom. The number of para-hydroxylation sites is 1. The van der Waals surface area contributed by atoms with Crippen LogP contribution in [0.4, 0.5) is 5.69 Å². The number of nitrogen functional groups attached to an aromatic ring is 1. The monoisotopic (exact) mass is 203 g/mol. The Morgan fingerprint density at radius 2 is 2.20 bits per heavy atom. The van der Waals surface area contributed by atoms with Crippen LogP contribution in [0.5, 0.6) is 0 Å². The minimum Gasteiger partial charge on any atom is -0.501 e. The molecule has 0 radical (unpaired) electrons. The highest BCUT2D eigenvalue weighted by atomic mass is 16.5. The minimum atomic E-state index is -0.0975. The van der Waals surface area contributed by atoms with Crippen LogP contribution >= 0.6 is 0 Å². The van der Waals surface area contributed by atoms with Gasteiger partial charge in [0.2, 0.25) is 0 Å². The predicted octanol–water partition coefficient (Wildman–Crippen LogP) is 2.00. The van der Waals surface area contributed by atoms with E-state index in [0.717, 1.165) is 6.42 Å². The number of carbonyl (C=O) groups is 1. The molecule has 1 unspecified atom stereocenters. The second-order valence-corrected chi connectivity index (χ2v) is 3.59. The van der Waals surface area contributed by atoms with Crippen molar-refractivity contribution < 1.29 is 9.53 Å². The van der Waals surface area contributed by atoms with Gasteiger partial charge in [-0.1, -0.05) is 12.1 Å². The fourth-order valence-corrected chi connectivity index (χ4v) is 1.65. The zero-order valence-electron chi connectivity index (χ0n) is 8.35. The van der Waals surface area contributed by atoms with Crippen molar-refractivity contribution in [2.24, 2.45) is 5.92 Å². The first-order chi connectivity index (χ1) is 7.29. The van der Waals surface area contributed by atoms with Gasteiger partial charge in [-0.25, -0.2) is 0 Å². The Balaban J connectivity index is 2.20. The highest BCUT2D eigenvalue weighted by Crippen LogP contribution is 2.20. The van der Waals surface area contributed by atoms with Gasteiger partial charge in [0.15, 0.2) is 5.78 Å². The van der Waals surface area contributed by atoms with Crippen molar-refractivity contribution in [3.63, 3.8) is 0 Å². The first-order valence-corrected chi connectivity index (χ1v) is 4.94. The second kappa shape index (κ2) is 4.17. The first-order valence-electron chi connectivity index (χ1n) is 4.94. The van der Waals surface area contributed by atoms with Crippen molar-refractivity contribution in [2.75, 3.05) is 12.3 Å². The molecule has 1 aromatic rings. The fraction of sp³-hybridized carbons (Fsp3) is 0.250. The Labute approximate surface area is 88.5 Å².